The van der Waals surface area contributed by atoms with E-state index in [-0.39, 0.29) is 0 Å². The summed E-state index contributed by atoms with van der Waals surface area (Å²) >= 11 is 2.53. The van der Waals surface area contributed by atoms with E-state index in [9.17, 15) is 0 Å². The molecule has 0 spiro atoms. The first-order chi connectivity index (χ1) is 10.3. The summed E-state index contributed by atoms with van der Waals surface area (Å²) in [5.74, 6) is 0. The summed E-state index contributed by atoms with van der Waals surface area (Å²) in [5, 5.41) is 0. The maximum atomic E-state index is 2.53. The summed E-state index contributed by atoms with van der Waals surface area (Å²) in [5.41, 5.74) is 10.3. The van der Waals surface area contributed by atoms with Gasteiger partial charge in [0.1, 0.15) is 0 Å². The molecule has 104 valence electrons. The van der Waals surface area contributed by atoms with Crippen molar-refractivity contribution in [3.8, 4) is 0 Å². The van der Waals surface area contributed by atoms with Crippen LogP contribution >= 0.6 is 22.6 Å². The molecule has 0 N–H and O–H groups in total. The van der Waals surface area contributed by atoms with Gasteiger partial charge >= 0.3 is 0 Å². The van der Waals surface area contributed by atoms with Crippen LogP contribution in [0.4, 0.5) is 0 Å². The molecule has 0 saturated heterocycles. The van der Waals surface area contributed by atoms with Crippen LogP contribution in [0.15, 0.2) is 48.5 Å². The maximum absolute atomic E-state index is 2.53. The van der Waals surface area contributed by atoms with Gasteiger partial charge in [0.15, 0.2) is 0 Å². The highest BCUT2D eigenvalue weighted by atomic mass is 127. The first kappa shape index (κ1) is 13.3. The Morgan fingerprint density at radius 3 is 2.00 bits per heavy atom. The first-order valence-electron chi connectivity index (χ1n) is 7.65. The highest BCUT2D eigenvalue weighted by Gasteiger charge is 2.34. The van der Waals surface area contributed by atoms with E-state index >= 15 is 0 Å². The third kappa shape index (κ3) is 1.87. The van der Waals surface area contributed by atoms with E-state index in [0.29, 0.717) is 0 Å². The van der Waals surface area contributed by atoms with Crippen molar-refractivity contribution in [3.63, 3.8) is 0 Å². The molecule has 4 rings (SSSR count). The van der Waals surface area contributed by atoms with Gasteiger partial charge in [0.05, 0.1) is 0 Å². The molecule has 0 saturated carbocycles. The standard InChI is InChI=1S/C20H17I/c1-2-3-8-14-13-9-4-5-10-15(13)19-18(14)16-11-6-7-12-17(16)20(19)21/h4-7,9-12H,2-3,8H2,1H3. The van der Waals surface area contributed by atoms with Crippen molar-refractivity contribution in [2.24, 2.45) is 0 Å². The summed E-state index contributed by atoms with van der Waals surface area (Å²) in [6.45, 7) is 2.27. The van der Waals surface area contributed by atoms with Crippen LogP contribution < -0.4 is 0 Å². The second kappa shape index (κ2) is 5.13. The van der Waals surface area contributed by atoms with Crippen molar-refractivity contribution in [2.45, 2.75) is 26.2 Å². The monoisotopic (exact) mass is 384 g/mol. The van der Waals surface area contributed by atoms with Crippen LogP contribution in [0.25, 0.3) is 20.3 Å². The fraction of sp³-hybridized carbons (Fsp3) is 0.200. The lowest BCUT2D eigenvalue weighted by Crippen LogP contribution is -1.87. The van der Waals surface area contributed by atoms with E-state index in [1.807, 2.05) is 0 Å². The van der Waals surface area contributed by atoms with Crippen molar-refractivity contribution in [1.82, 2.24) is 0 Å². The molecule has 2 aromatic rings. The van der Waals surface area contributed by atoms with Crippen LogP contribution in [0.1, 0.15) is 48.4 Å². The molecule has 0 unspecified atom stereocenters. The minimum Gasteiger partial charge on any atom is -0.0654 e. The number of benzene rings is 2. The van der Waals surface area contributed by atoms with E-state index < -0.39 is 0 Å². The molecule has 0 amide bonds. The second-order valence-electron chi connectivity index (χ2n) is 5.74. The number of halogens is 1. The molecule has 0 radical (unpaired) electrons. The van der Waals surface area contributed by atoms with Crippen LogP contribution in [0.3, 0.4) is 0 Å². The van der Waals surface area contributed by atoms with Crippen molar-refractivity contribution < 1.29 is 0 Å². The molecule has 0 heterocycles. The fourth-order valence-electron chi connectivity index (χ4n) is 3.55. The van der Waals surface area contributed by atoms with Crippen LogP contribution in [-0.4, -0.2) is 0 Å². The zero-order valence-electron chi connectivity index (χ0n) is 12.1. The molecule has 1 heteroatoms. The number of fused-ring (bicyclic) bond motifs is 5. The third-order valence-electron chi connectivity index (χ3n) is 4.51. The quantitative estimate of drug-likeness (QED) is 0.536. The second-order valence-corrected chi connectivity index (χ2v) is 6.82. The molecular weight excluding hydrogens is 367 g/mol. The lowest BCUT2D eigenvalue weighted by atomic mass is 9.96. The van der Waals surface area contributed by atoms with Gasteiger partial charge in [-0.3, -0.25) is 0 Å². The van der Waals surface area contributed by atoms with Gasteiger partial charge in [0.25, 0.3) is 0 Å². The summed E-state index contributed by atoms with van der Waals surface area (Å²) in [6.07, 6.45) is 3.69. The predicted octanol–water partition coefficient (Wildman–Crippen LogP) is 6.42. The Labute approximate surface area is 139 Å². The van der Waals surface area contributed by atoms with Crippen molar-refractivity contribution in [3.05, 3.63) is 70.8 Å². The normalized spacial score (nSPS) is 15.3. The van der Waals surface area contributed by atoms with Crippen molar-refractivity contribution in [1.29, 1.82) is 0 Å². The summed E-state index contributed by atoms with van der Waals surface area (Å²) < 4.78 is 1.41. The average molecular weight is 384 g/mol. The molecule has 0 aliphatic heterocycles. The Bertz CT molecular complexity index is 793. The van der Waals surface area contributed by atoms with Crippen LogP contribution in [0.2, 0.25) is 0 Å². The van der Waals surface area contributed by atoms with Gasteiger partial charge in [-0.2, -0.15) is 0 Å². The van der Waals surface area contributed by atoms with E-state index in [2.05, 4.69) is 78.0 Å². The number of allylic oxidation sites excluding steroid dienone is 3. The van der Waals surface area contributed by atoms with Gasteiger partial charge in [-0.05, 0) is 68.8 Å². The molecule has 2 aliphatic carbocycles. The maximum Gasteiger partial charge on any atom is 0.0294 e. The largest absolute Gasteiger partial charge is 0.0654 e. The highest BCUT2D eigenvalue weighted by molar-refractivity contribution is 14.1. The minimum atomic E-state index is 1.19. The van der Waals surface area contributed by atoms with E-state index in [0.717, 1.165) is 0 Å². The molecule has 0 bridgehead atoms. The summed E-state index contributed by atoms with van der Waals surface area (Å²) in [7, 11) is 0. The summed E-state index contributed by atoms with van der Waals surface area (Å²) in [4.78, 5) is 0. The van der Waals surface area contributed by atoms with E-state index in [1.165, 1.54) is 56.2 Å². The van der Waals surface area contributed by atoms with Gasteiger partial charge < -0.3 is 0 Å². The van der Waals surface area contributed by atoms with Gasteiger partial charge in [0, 0.05) is 9.15 Å². The van der Waals surface area contributed by atoms with Gasteiger partial charge in [-0.15, -0.1) is 0 Å². The smallest absolute Gasteiger partial charge is 0.0294 e. The molecule has 0 aromatic heterocycles. The number of hydrogen-bond donors (Lipinski definition) is 0. The Kier molecular flexibility index (Phi) is 3.26. The fourth-order valence-corrected chi connectivity index (χ4v) is 4.58. The Balaban J connectivity index is 2.01. The molecule has 0 fully saturated rings. The van der Waals surface area contributed by atoms with Gasteiger partial charge in [-0.25, -0.2) is 0 Å². The lowest BCUT2D eigenvalue weighted by Gasteiger charge is -2.08. The molecule has 2 aliphatic rings. The Hall–Kier alpha value is -1.35. The minimum absolute atomic E-state index is 1.19. The number of unbranched alkanes of at least 4 members (excludes halogenated alkanes) is 1. The average Bonchev–Trinajstić information content (AvgIpc) is 3.00. The molecule has 2 aromatic carbocycles. The van der Waals surface area contributed by atoms with Crippen LogP contribution in [0.5, 0.6) is 0 Å². The molecule has 0 atom stereocenters. The van der Waals surface area contributed by atoms with Gasteiger partial charge in [-0.1, -0.05) is 61.9 Å². The van der Waals surface area contributed by atoms with Crippen molar-refractivity contribution >= 4 is 42.9 Å². The van der Waals surface area contributed by atoms with Crippen LogP contribution in [-0.2, 0) is 0 Å². The van der Waals surface area contributed by atoms with Crippen molar-refractivity contribution in [2.75, 3.05) is 0 Å². The van der Waals surface area contributed by atoms with E-state index in [1.54, 1.807) is 5.57 Å². The Morgan fingerprint density at radius 1 is 0.762 bits per heavy atom. The lowest BCUT2D eigenvalue weighted by molar-refractivity contribution is 0.825. The molecular formula is C20H17I. The highest BCUT2D eigenvalue weighted by Crippen LogP contribution is 2.57. The SMILES string of the molecule is CCCCC1=C2C(=C(I)c3ccccc32)c2ccccc21. The molecule has 21 heavy (non-hydrogen) atoms. The third-order valence-corrected chi connectivity index (χ3v) is 5.63. The zero-order valence-corrected chi connectivity index (χ0v) is 14.3. The zero-order chi connectivity index (χ0) is 14.4. The van der Waals surface area contributed by atoms with Crippen LogP contribution in [0, 0.1) is 0 Å². The first-order valence-corrected chi connectivity index (χ1v) is 8.73. The van der Waals surface area contributed by atoms with Gasteiger partial charge in [0.2, 0.25) is 0 Å². The Morgan fingerprint density at radius 2 is 1.33 bits per heavy atom. The topological polar surface area (TPSA) is 0 Å². The van der Waals surface area contributed by atoms with E-state index in [4.69, 9.17) is 0 Å². The summed E-state index contributed by atoms with van der Waals surface area (Å²) in [6, 6.07) is 17.8. The number of hydrogen-bond acceptors (Lipinski definition) is 0. The predicted molar refractivity (Wildman–Crippen MR) is 100 cm³/mol. The molecule has 0 nitrogen and oxygen atoms in total. The number of rotatable bonds is 3.